The summed E-state index contributed by atoms with van der Waals surface area (Å²) >= 11 is 0. The van der Waals surface area contributed by atoms with Crippen LogP contribution in [0, 0.1) is 0 Å². The van der Waals surface area contributed by atoms with Crippen LogP contribution in [0.25, 0.3) is 0 Å². The third kappa shape index (κ3) is 4.52. The Morgan fingerprint density at radius 3 is 2.50 bits per heavy atom. The molecule has 3 heteroatoms. The molecule has 16 heavy (non-hydrogen) atoms. The first-order valence-corrected chi connectivity index (χ1v) is 6.70. The summed E-state index contributed by atoms with van der Waals surface area (Å²) in [7, 11) is 0. The monoisotopic (exact) mass is 226 g/mol. The van der Waals surface area contributed by atoms with Gasteiger partial charge in [0.15, 0.2) is 0 Å². The van der Waals surface area contributed by atoms with Crippen molar-refractivity contribution in [2.45, 2.75) is 77.4 Å². The van der Waals surface area contributed by atoms with Crippen LogP contribution in [0.3, 0.4) is 0 Å². The van der Waals surface area contributed by atoms with Crippen LogP contribution in [0.4, 0.5) is 0 Å². The Labute approximate surface area is 99.4 Å². The summed E-state index contributed by atoms with van der Waals surface area (Å²) in [5.41, 5.74) is 0. The smallest absolute Gasteiger partial charge is 0.237 e. The van der Waals surface area contributed by atoms with Gasteiger partial charge in [0.1, 0.15) is 0 Å². The van der Waals surface area contributed by atoms with E-state index in [9.17, 15) is 4.79 Å². The van der Waals surface area contributed by atoms with Gasteiger partial charge in [-0.3, -0.25) is 4.79 Å². The second-order valence-electron chi connectivity index (χ2n) is 5.07. The first-order chi connectivity index (χ1) is 7.63. The Hall–Kier alpha value is -0.570. The van der Waals surface area contributed by atoms with E-state index in [-0.39, 0.29) is 11.9 Å². The minimum absolute atomic E-state index is 0.0675. The van der Waals surface area contributed by atoms with Gasteiger partial charge in [0.05, 0.1) is 6.04 Å². The first-order valence-electron chi connectivity index (χ1n) is 6.70. The van der Waals surface area contributed by atoms with Gasteiger partial charge in [-0.15, -0.1) is 0 Å². The van der Waals surface area contributed by atoms with Crippen LogP contribution < -0.4 is 10.6 Å². The molecule has 0 aromatic rings. The molecule has 0 aromatic heterocycles. The summed E-state index contributed by atoms with van der Waals surface area (Å²) in [6.45, 7) is 6.26. The zero-order valence-electron chi connectivity index (χ0n) is 10.9. The molecule has 0 aliphatic heterocycles. The van der Waals surface area contributed by atoms with Crippen LogP contribution in [-0.2, 0) is 4.79 Å². The van der Waals surface area contributed by atoms with Gasteiger partial charge in [-0.05, 0) is 33.1 Å². The highest BCUT2D eigenvalue weighted by Gasteiger charge is 2.21. The summed E-state index contributed by atoms with van der Waals surface area (Å²) in [5.74, 6) is 0.162. The van der Waals surface area contributed by atoms with Crippen molar-refractivity contribution in [3.63, 3.8) is 0 Å². The summed E-state index contributed by atoms with van der Waals surface area (Å²) in [6, 6.07) is 0.787. The third-order valence-corrected chi connectivity index (χ3v) is 3.35. The Balaban J connectivity index is 2.23. The molecule has 2 N–H and O–H groups in total. The molecule has 2 atom stereocenters. The quantitative estimate of drug-likeness (QED) is 0.729. The zero-order valence-corrected chi connectivity index (χ0v) is 10.9. The fraction of sp³-hybridized carbons (Fsp3) is 0.923. The molecule has 1 rings (SSSR count). The van der Waals surface area contributed by atoms with Crippen LogP contribution in [0.5, 0.6) is 0 Å². The fourth-order valence-electron chi connectivity index (χ4n) is 2.42. The Kier molecular flexibility index (Phi) is 5.81. The Morgan fingerprint density at radius 2 is 1.94 bits per heavy atom. The maximum absolute atomic E-state index is 11.9. The normalized spacial score (nSPS) is 20.7. The number of rotatable bonds is 6. The Bertz CT molecular complexity index is 212. The first kappa shape index (κ1) is 13.5. The van der Waals surface area contributed by atoms with E-state index in [1.165, 1.54) is 12.8 Å². The summed E-state index contributed by atoms with van der Waals surface area (Å²) in [6.07, 6.45) is 7.12. The van der Waals surface area contributed by atoms with Crippen LogP contribution in [0.15, 0.2) is 0 Å². The van der Waals surface area contributed by atoms with Crippen LogP contribution in [0.1, 0.15) is 59.3 Å². The zero-order chi connectivity index (χ0) is 12.0. The third-order valence-electron chi connectivity index (χ3n) is 3.35. The molecule has 0 radical (unpaired) electrons. The van der Waals surface area contributed by atoms with E-state index < -0.39 is 0 Å². The molecular formula is C13H26N2O. The maximum Gasteiger partial charge on any atom is 0.237 e. The molecule has 2 unspecified atom stereocenters. The average Bonchev–Trinajstić information content (AvgIpc) is 2.70. The lowest BCUT2D eigenvalue weighted by atomic mass is 10.1. The van der Waals surface area contributed by atoms with Crippen LogP contribution >= 0.6 is 0 Å². The van der Waals surface area contributed by atoms with Crippen molar-refractivity contribution in [1.29, 1.82) is 0 Å². The molecule has 0 saturated heterocycles. The predicted octanol–water partition coefficient (Wildman–Crippen LogP) is 2.21. The number of amides is 1. The Morgan fingerprint density at radius 1 is 1.31 bits per heavy atom. The fourth-order valence-corrected chi connectivity index (χ4v) is 2.42. The van der Waals surface area contributed by atoms with Crippen molar-refractivity contribution < 1.29 is 4.79 Å². The van der Waals surface area contributed by atoms with Crippen LogP contribution in [0.2, 0.25) is 0 Å². The molecule has 0 spiro atoms. The summed E-state index contributed by atoms with van der Waals surface area (Å²) in [5, 5.41) is 6.47. The number of hydrogen-bond acceptors (Lipinski definition) is 2. The molecule has 0 aromatic carbocycles. The van der Waals surface area contributed by atoms with Gasteiger partial charge >= 0.3 is 0 Å². The lowest BCUT2D eigenvalue weighted by Crippen LogP contribution is -2.48. The molecule has 1 aliphatic carbocycles. The van der Waals surface area contributed by atoms with Gasteiger partial charge in [-0.2, -0.15) is 0 Å². The topological polar surface area (TPSA) is 41.1 Å². The predicted molar refractivity (Wildman–Crippen MR) is 67.4 cm³/mol. The van der Waals surface area contributed by atoms with Gasteiger partial charge < -0.3 is 10.6 Å². The van der Waals surface area contributed by atoms with Gasteiger partial charge in [-0.25, -0.2) is 0 Å². The molecule has 1 saturated carbocycles. The molecule has 94 valence electrons. The van der Waals surface area contributed by atoms with Crippen molar-refractivity contribution in [3.05, 3.63) is 0 Å². The standard InChI is InChI=1S/C13H26N2O/c1-4-7-10(2)14-11(3)13(16)15-12-8-5-6-9-12/h10-12,14H,4-9H2,1-3H3,(H,15,16). The van der Waals surface area contributed by atoms with E-state index in [0.29, 0.717) is 12.1 Å². The van der Waals surface area contributed by atoms with Gasteiger partial charge in [-0.1, -0.05) is 26.2 Å². The number of hydrogen-bond donors (Lipinski definition) is 2. The van der Waals surface area contributed by atoms with Gasteiger partial charge in [0.25, 0.3) is 0 Å². The summed E-state index contributed by atoms with van der Waals surface area (Å²) < 4.78 is 0. The van der Waals surface area contributed by atoms with E-state index >= 15 is 0 Å². The van der Waals surface area contributed by atoms with Crippen molar-refractivity contribution >= 4 is 5.91 Å². The molecule has 0 heterocycles. The van der Waals surface area contributed by atoms with Gasteiger partial charge in [0.2, 0.25) is 5.91 Å². The van der Waals surface area contributed by atoms with Crippen LogP contribution in [-0.4, -0.2) is 24.0 Å². The van der Waals surface area contributed by atoms with Crippen molar-refractivity contribution in [2.24, 2.45) is 0 Å². The largest absolute Gasteiger partial charge is 0.352 e. The molecular weight excluding hydrogens is 200 g/mol. The number of carbonyl (C=O) groups excluding carboxylic acids is 1. The second-order valence-corrected chi connectivity index (χ2v) is 5.07. The highest BCUT2D eigenvalue weighted by atomic mass is 16.2. The van der Waals surface area contributed by atoms with Crippen molar-refractivity contribution in [1.82, 2.24) is 10.6 Å². The molecule has 1 amide bonds. The summed E-state index contributed by atoms with van der Waals surface area (Å²) in [4.78, 5) is 11.9. The second kappa shape index (κ2) is 6.89. The van der Waals surface area contributed by atoms with Crippen molar-refractivity contribution in [3.8, 4) is 0 Å². The SMILES string of the molecule is CCCC(C)NC(C)C(=O)NC1CCCC1. The van der Waals surface area contributed by atoms with Crippen molar-refractivity contribution in [2.75, 3.05) is 0 Å². The lowest BCUT2D eigenvalue weighted by Gasteiger charge is -2.21. The number of carbonyl (C=O) groups is 1. The lowest BCUT2D eigenvalue weighted by molar-refractivity contribution is -0.123. The van der Waals surface area contributed by atoms with E-state index in [1.54, 1.807) is 0 Å². The van der Waals surface area contributed by atoms with Gasteiger partial charge in [0, 0.05) is 12.1 Å². The van der Waals surface area contributed by atoms with E-state index in [0.717, 1.165) is 25.7 Å². The van der Waals surface area contributed by atoms with E-state index in [2.05, 4.69) is 24.5 Å². The average molecular weight is 226 g/mol. The van der Waals surface area contributed by atoms with E-state index in [4.69, 9.17) is 0 Å². The minimum atomic E-state index is -0.0675. The van der Waals surface area contributed by atoms with E-state index in [1.807, 2.05) is 6.92 Å². The number of nitrogens with one attached hydrogen (secondary N) is 2. The maximum atomic E-state index is 11.9. The molecule has 3 nitrogen and oxygen atoms in total. The minimum Gasteiger partial charge on any atom is -0.352 e. The highest BCUT2D eigenvalue weighted by Crippen LogP contribution is 2.17. The molecule has 1 aliphatic rings. The highest BCUT2D eigenvalue weighted by molar-refractivity contribution is 5.81. The molecule has 0 bridgehead atoms. The molecule has 1 fully saturated rings.